The number of thioether (sulfide) groups is 1. The van der Waals surface area contributed by atoms with Gasteiger partial charge in [0.2, 0.25) is 0 Å². The van der Waals surface area contributed by atoms with Gasteiger partial charge in [0.05, 0.1) is 5.69 Å². The Morgan fingerprint density at radius 2 is 2.42 bits per heavy atom. The van der Waals surface area contributed by atoms with E-state index in [1.54, 1.807) is 6.92 Å². The molecule has 2 heterocycles. The van der Waals surface area contributed by atoms with E-state index in [1.165, 1.54) is 11.8 Å². The van der Waals surface area contributed by atoms with Crippen molar-refractivity contribution in [2.75, 3.05) is 0 Å². The van der Waals surface area contributed by atoms with E-state index >= 15 is 0 Å². The molecule has 0 aromatic carbocycles. The van der Waals surface area contributed by atoms with Gasteiger partial charge in [0, 0.05) is 5.75 Å². The fourth-order valence-corrected chi connectivity index (χ4v) is 2.56. The highest BCUT2D eigenvalue weighted by Crippen LogP contribution is 2.43. The highest BCUT2D eigenvalue weighted by atomic mass is 79.9. The van der Waals surface area contributed by atoms with E-state index in [2.05, 4.69) is 20.9 Å². The summed E-state index contributed by atoms with van der Waals surface area (Å²) in [7, 11) is 0. The first-order chi connectivity index (χ1) is 5.59. The Morgan fingerprint density at radius 3 is 3.17 bits per heavy atom. The van der Waals surface area contributed by atoms with Crippen LogP contribution in [0.3, 0.4) is 0 Å². The van der Waals surface area contributed by atoms with Gasteiger partial charge in [-0.3, -0.25) is 0 Å². The number of halogens is 1. The number of aliphatic hydroxyl groups is 1. The molecule has 0 saturated heterocycles. The molecule has 1 unspecified atom stereocenters. The predicted molar refractivity (Wildman–Crippen MR) is 52.8 cm³/mol. The molecular formula is C8H8BrNOS. The van der Waals surface area contributed by atoms with Gasteiger partial charge < -0.3 is 5.11 Å². The van der Waals surface area contributed by atoms with Crippen molar-refractivity contribution in [2.45, 2.75) is 17.6 Å². The summed E-state index contributed by atoms with van der Waals surface area (Å²) in [5, 5.41) is 9.85. The maximum atomic E-state index is 9.85. The van der Waals surface area contributed by atoms with Gasteiger partial charge in [-0.05, 0) is 34.5 Å². The van der Waals surface area contributed by atoms with Gasteiger partial charge in [0.25, 0.3) is 0 Å². The number of pyridine rings is 1. The molecule has 0 radical (unpaired) electrons. The van der Waals surface area contributed by atoms with Gasteiger partial charge in [-0.15, -0.1) is 11.8 Å². The SMILES string of the molecule is CC1(O)SCc2ccc(Br)nc21. The number of aromatic nitrogens is 1. The van der Waals surface area contributed by atoms with Crippen LogP contribution >= 0.6 is 27.7 Å². The van der Waals surface area contributed by atoms with Crippen molar-refractivity contribution < 1.29 is 5.11 Å². The first-order valence-corrected chi connectivity index (χ1v) is 5.40. The van der Waals surface area contributed by atoms with Crippen LogP contribution in [0.15, 0.2) is 16.7 Å². The van der Waals surface area contributed by atoms with Crippen molar-refractivity contribution in [3.05, 3.63) is 28.0 Å². The standard InChI is InChI=1S/C8H8BrNOS/c1-8(11)7-5(4-12-8)2-3-6(9)10-7/h2-3,11H,4H2,1H3. The second kappa shape index (κ2) is 2.72. The average Bonchev–Trinajstić information content (AvgIpc) is 2.28. The lowest BCUT2D eigenvalue weighted by Crippen LogP contribution is -2.14. The summed E-state index contributed by atoms with van der Waals surface area (Å²) in [6.07, 6.45) is 0. The smallest absolute Gasteiger partial charge is 0.150 e. The maximum Gasteiger partial charge on any atom is 0.150 e. The molecule has 4 heteroatoms. The molecule has 2 nitrogen and oxygen atoms in total. The molecule has 1 aliphatic heterocycles. The van der Waals surface area contributed by atoms with E-state index in [9.17, 15) is 5.11 Å². The van der Waals surface area contributed by atoms with Gasteiger partial charge in [-0.1, -0.05) is 6.07 Å². The van der Waals surface area contributed by atoms with E-state index in [1.807, 2.05) is 12.1 Å². The maximum absolute atomic E-state index is 9.85. The van der Waals surface area contributed by atoms with Crippen LogP contribution in [-0.4, -0.2) is 10.1 Å². The fourth-order valence-electron chi connectivity index (χ4n) is 1.27. The molecule has 1 aromatic heterocycles. The lowest BCUT2D eigenvalue weighted by molar-refractivity contribution is 0.157. The largest absolute Gasteiger partial charge is 0.374 e. The predicted octanol–water partition coefficient (Wildman–Crippen LogP) is 2.26. The van der Waals surface area contributed by atoms with Crippen molar-refractivity contribution in [3.63, 3.8) is 0 Å². The molecule has 1 aliphatic rings. The molecule has 0 bridgehead atoms. The summed E-state index contributed by atoms with van der Waals surface area (Å²) in [5.74, 6) is 0.850. The van der Waals surface area contributed by atoms with Gasteiger partial charge in [0.15, 0.2) is 4.93 Å². The van der Waals surface area contributed by atoms with Gasteiger partial charge >= 0.3 is 0 Å². The monoisotopic (exact) mass is 245 g/mol. The van der Waals surface area contributed by atoms with Gasteiger partial charge in [0.1, 0.15) is 4.60 Å². The Hall–Kier alpha value is -0.0600. The minimum atomic E-state index is -0.806. The third kappa shape index (κ3) is 1.28. The molecule has 12 heavy (non-hydrogen) atoms. The van der Waals surface area contributed by atoms with Crippen LogP contribution in [0, 0.1) is 0 Å². The number of hydrogen-bond donors (Lipinski definition) is 1. The first kappa shape index (κ1) is 8.53. The van der Waals surface area contributed by atoms with Crippen LogP contribution in [0.25, 0.3) is 0 Å². The lowest BCUT2D eigenvalue weighted by atomic mass is 10.1. The van der Waals surface area contributed by atoms with Crippen LogP contribution in [0.1, 0.15) is 18.2 Å². The first-order valence-electron chi connectivity index (χ1n) is 3.62. The lowest BCUT2D eigenvalue weighted by Gasteiger charge is -2.14. The summed E-state index contributed by atoms with van der Waals surface area (Å²) in [6, 6.07) is 3.90. The molecule has 2 rings (SSSR count). The molecule has 0 amide bonds. The second-order valence-corrected chi connectivity index (χ2v) is 5.10. The van der Waals surface area contributed by atoms with Crippen molar-refractivity contribution in [1.29, 1.82) is 0 Å². The van der Waals surface area contributed by atoms with Crippen LogP contribution in [0.4, 0.5) is 0 Å². The van der Waals surface area contributed by atoms with Crippen molar-refractivity contribution in [3.8, 4) is 0 Å². The van der Waals surface area contributed by atoms with E-state index < -0.39 is 4.93 Å². The zero-order valence-electron chi connectivity index (χ0n) is 6.54. The highest BCUT2D eigenvalue weighted by molar-refractivity contribution is 9.10. The van der Waals surface area contributed by atoms with Gasteiger partial charge in [-0.25, -0.2) is 4.98 Å². The molecule has 1 atom stereocenters. The molecule has 0 fully saturated rings. The van der Waals surface area contributed by atoms with Crippen LogP contribution in [0.2, 0.25) is 0 Å². The number of rotatable bonds is 0. The van der Waals surface area contributed by atoms with E-state index in [0.29, 0.717) is 0 Å². The van der Waals surface area contributed by atoms with E-state index in [4.69, 9.17) is 0 Å². The Bertz CT molecular complexity index is 327. The fraction of sp³-hybridized carbons (Fsp3) is 0.375. The number of fused-ring (bicyclic) bond motifs is 1. The minimum Gasteiger partial charge on any atom is -0.374 e. The topological polar surface area (TPSA) is 33.1 Å². The zero-order valence-corrected chi connectivity index (χ0v) is 8.94. The molecule has 1 N–H and O–H groups in total. The van der Waals surface area contributed by atoms with Gasteiger partial charge in [-0.2, -0.15) is 0 Å². The molecule has 0 spiro atoms. The summed E-state index contributed by atoms with van der Waals surface area (Å²) in [4.78, 5) is 3.45. The average molecular weight is 246 g/mol. The molecule has 64 valence electrons. The van der Waals surface area contributed by atoms with Crippen LogP contribution in [0.5, 0.6) is 0 Å². The highest BCUT2D eigenvalue weighted by Gasteiger charge is 2.34. The molecule has 0 saturated carbocycles. The number of hydrogen-bond acceptors (Lipinski definition) is 3. The van der Waals surface area contributed by atoms with Crippen molar-refractivity contribution >= 4 is 27.7 Å². The minimum absolute atomic E-state index is 0.782. The molecular weight excluding hydrogens is 238 g/mol. The summed E-state index contributed by atoms with van der Waals surface area (Å²) < 4.78 is 0.782. The quantitative estimate of drug-likeness (QED) is 0.713. The third-order valence-electron chi connectivity index (χ3n) is 1.89. The normalized spacial score (nSPS) is 27.2. The third-order valence-corrected chi connectivity index (χ3v) is 3.55. The second-order valence-electron chi connectivity index (χ2n) is 2.91. The van der Waals surface area contributed by atoms with Crippen molar-refractivity contribution in [1.82, 2.24) is 4.98 Å². The molecule has 0 aliphatic carbocycles. The summed E-state index contributed by atoms with van der Waals surface area (Å²) in [5.41, 5.74) is 1.93. The Balaban J connectivity index is 2.57. The van der Waals surface area contributed by atoms with E-state index in [0.717, 1.165) is 21.6 Å². The van der Waals surface area contributed by atoms with Crippen LogP contribution in [-0.2, 0) is 10.7 Å². The van der Waals surface area contributed by atoms with Crippen molar-refractivity contribution in [2.24, 2.45) is 0 Å². The molecule has 1 aromatic rings. The Morgan fingerprint density at radius 1 is 1.67 bits per heavy atom. The van der Waals surface area contributed by atoms with Crippen LogP contribution < -0.4 is 0 Å². The summed E-state index contributed by atoms with van der Waals surface area (Å²) in [6.45, 7) is 1.78. The Labute approximate surface area is 83.5 Å². The Kier molecular flexibility index (Phi) is 1.93. The van der Waals surface area contributed by atoms with E-state index in [-0.39, 0.29) is 0 Å². The summed E-state index contributed by atoms with van der Waals surface area (Å²) >= 11 is 4.79. The number of nitrogens with zero attached hydrogens (tertiary/aromatic N) is 1. The zero-order chi connectivity index (χ0) is 8.77.